The van der Waals surface area contributed by atoms with E-state index in [1.807, 2.05) is 25.1 Å². The van der Waals surface area contributed by atoms with Crippen LogP contribution in [0.3, 0.4) is 0 Å². The summed E-state index contributed by atoms with van der Waals surface area (Å²) >= 11 is 3.41. The van der Waals surface area contributed by atoms with E-state index in [1.165, 1.54) is 12.1 Å². The number of carbonyl (C=O) groups is 1. The molecule has 0 aliphatic rings. The Morgan fingerprint density at radius 2 is 1.83 bits per heavy atom. The number of aryl methyl sites for hydroxylation is 1. The highest BCUT2D eigenvalue weighted by Gasteiger charge is 2.17. The van der Waals surface area contributed by atoms with E-state index in [-0.39, 0.29) is 30.2 Å². The Bertz CT molecular complexity index is 701. The van der Waals surface area contributed by atoms with Gasteiger partial charge in [0, 0.05) is 16.2 Å². The second-order valence-corrected chi connectivity index (χ2v) is 7.08. The quantitative estimate of drug-likeness (QED) is 0.739. The van der Waals surface area contributed by atoms with Crippen molar-refractivity contribution in [3.05, 3.63) is 63.9 Å². The van der Waals surface area contributed by atoms with Crippen LogP contribution in [0.15, 0.2) is 46.9 Å². The van der Waals surface area contributed by atoms with E-state index in [0.717, 1.165) is 21.3 Å². The number of benzene rings is 2. The first-order valence-electron chi connectivity index (χ1n) is 7.91. The lowest BCUT2D eigenvalue weighted by molar-refractivity contribution is -0.115. The van der Waals surface area contributed by atoms with Gasteiger partial charge in [0.25, 0.3) is 0 Å². The van der Waals surface area contributed by atoms with Crippen molar-refractivity contribution in [2.45, 2.75) is 26.8 Å². The van der Waals surface area contributed by atoms with Gasteiger partial charge in [0.1, 0.15) is 5.82 Å². The van der Waals surface area contributed by atoms with Crippen molar-refractivity contribution in [1.82, 2.24) is 5.32 Å². The maximum atomic E-state index is 13.1. The van der Waals surface area contributed by atoms with Crippen LogP contribution in [-0.4, -0.2) is 12.5 Å². The molecule has 0 unspecified atom stereocenters. The minimum absolute atomic E-state index is 0.0117. The molecule has 1 amide bonds. The van der Waals surface area contributed by atoms with Gasteiger partial charge < -0.3 is 10.6 Å². The molecule has 2 N–H and O–H groups in total. The third kappa shape index (κ3) is 5.14. The molecule has 0 aromatic heterocycles. The van der Waals surface area contributed by atoms with E-state index >= 15 is 0 Å². The molecule has 24 heavy (non-hydrogen) atoms. The predicted molar refractivity (Wildman–Crippen MR) is 99.5 cm³/mol. The van der Waals surface area contributed by atoms with Crippen molar-refractivity contribution >= 4 is 27.5 Å². The Labute approximate surface area is 150 Å². The monoisotopic (exact) mass is 392 g/mol. The molecule has 2 aromatic rings. The maximum absolute atomic E-state index is 13.1. The Balaban J connectivity index is 1.98. The van der Waals surface area contributed by atoms with Crippen molar-refractivity contribution < 1.29 is 9.18 Å². The van der Waals surface area contributed by atoms with Gasteiger partial charge in [-0.1, -0.05) is 41.9 Å². The Kier molecular flexibility index (Phi) is 6.52. The van der Waals surface area contributed by atoms with Crippen LogP contribution in [-0.2, 0) is 4.79 Å². The molecule has 5 heteroatoms. The number of carbonyl (C=O) groups excluding carboxylic acids is 1. The summed E-state index contributed by atoms with van der Waals surface area (Å²) < 4.78 is 14.1. The van der Waals surface area contributed by atoms with Crippen LogP contribution in [0.2, 0.25) is 0 Å². The molecular formula is C19H22BrFN2O. The number of amides is 1. The second kappa shape index (κ2) is 8.40. The van der Waals surface area contributed by atoms with E-state index in [4.69, 9.17) is 0 Å². The molecule has 2 rings (SSSR count). The molecule has 0 bridgehead atoms. The van der Waals surface area contributed by atoms with Crippen LogP contribution in [0.25, 0.3) is 0 Å². The molecule has 0 fully saturated rings. The van der Waals surface area contributed by atoms with Gasteiger partial charge in [0.05, 0.1) is 6.54 Å². The van der Waals surface area contributed by atoms with Crippen molar-refractivity contribution in [3.63, 3.8) is 0 Å². The summed E-state index contributed by atoms with van der Waals surface area (Å²) in [5, 5.41) is 6.17. The number of halogens is 2. The number of hydrogen-bond acceptors (Lipinski definition) is 2. The Morgan fingerprint density at radius 1 is 1.17 bits per heavy atom. The van der Waals surface area contributed by atoms with E-state index in [0.29, 0.717) is 0 Å². The van der Waals surface area contributed by atoms with Gasteiger partial charge in [0.2, 0.25) is 5.91 Å². The van der Waals surface area contributed by atoms with E-state index in [9.17, 15) is 9.18 Å². The largest absolute Gasteiger partial charge is 0.325 e. The summed E-state index contributed by atoms with van der Waals surface area (Å²) in [6.07, 6.45) is 0. The second-order valence-electron chi connectivity index (χ2n) is 6.16. The van der Waals surface area contributed by atoms with E-state index in [2.05, 4.69) is 40.4 Å². The highest BCUT2D eigenvalue weighted by Crippen LogP contribution is 2.22. The zero-order valence-electron chi connectivity index (χ0n) is 14.1. The molecular weight excluding hydrogens is 371 g/mol. The normalized spacial score (nSPS) is 12.2. The highest BCUT2D eigenvalue weighted by atomic mass is 79.9. The van der Waals surface area contributed by atoms with Crippen LogP contribution in [0, 0.1) is 18.7 Å². The molecule has 0 aliphatic carbocycles. The third-order valence-corrected chi connectivity index (χ3v) is 4.33. The number of nitrogens with one attached hydrogen (secondary N) is 2. The summed E-state index contributed by atoms with van der Waals surface area (Å²) in [6.45, 7) is 6.27. The zero-order chi connectivity index (χ0) is 17.7. The summed E-state index contributed by atoms with van der Waals surface area (Å²) in [5.41, 5.74) is 2.77. The molecule has 1 atom stereocenters. The van der Waals surface area contributed by atoms with Crippen molar-refractivity contribution in [3.8, 4) is 0 Å². The van der Waals surface area contributed by atoms with Crippen molar-refractivity contribution in [1.29, 1.82) is 0 Å². The molecule has 2 aromatic carbocycles. The van der Waals surface area contributed by atoms with Gasteiger partial charge >= 0.3 is 0 Å². The Hall–Kier alpha value is -1.72. The van der Waals surface area contributed by atoms with Gasteiger partial charge in [-0.3, -0.25) is 4.79 Å². The van der Waals surface area contributed by atoms with Gasteiger partial charge in [-0.2, -0.15) is 0 Å². The lowest BCUT2D eigenvalue weighted by Gasteiger charge is -2.23. The molecule has 0 aliphatic heterocycles. The van der Waals surface area contributed by atoms with Crippen molar-refractivity contribution in [2.24, 2.45) is 5.92 Å². The summed E-state index contributed by atoms with van der Waals surface area (Å²) in [5.74, 6) is -0.0874. The fraction of sp³-hybridized carbons (Fsp3) is 0.316. The third-order valence-electron chi connectivity index (χ3n) is 3.84. The van der Waals surface area contributed by atoms with Crippen LogP contribution in [0.1, 0.15) is 31.0 Å². The van der Waals surface area contributed by atoms with Gasteiger partial charge in [-0.25, -0.2) is 4.39 Å². The maximum Gasteiger partial charge on any atom is 0.238 e. The van der Waals surface area contributed by atoms with Gasteiger partial charge in [-0.05, 0) is 54.3 Å². The van der Waals surface area contributed by atoms with E-state index in [1.54, 1.807) is 12.1 Å². The first-order chi connectivity index (χ1) is 11.4. The van der Waals surface area contributed by atoms with E-state index < -0.39 is 0 Å². The molecule has 0 saturated heterocycles. The SMILES string of the molecule is Cc1cc(Br)ccc1NC(=O)CN[C@@H](c1ccc(F)cc1)C(C)C. The number of rotatable bonds is 6. The smallest absolute Gasteiger partial charge is 0.238 e. The molecule has 0 spiro atoms. The molecule has 0 saturated carbocycles. The van der Waals surface area contributed by atoms with Crippen LogP contribution >= 0.6 is 15.9 Å². The first-order valence-corrected chi connectivity index (χ1v) is 8.71. The molecule has 3 nitrogen and oxygen atoms in total. The number of anilines is 1. The van der Waals surface area contributed by atoms with Crippen molar-refractivity contribution in [2.75, 3.05) is 11.9 Å². The van der Waals surface area contributed by atoms with Crippen LogP contribution in [0.5, 0.6) is 0 Å². The topological polar surface area (TPSA) is 41.1 Å². The molecule has 0 heterocycles. The zero-order valence-corrected chi connectivity index (χ0v) is 15.7. The summed E-state index contributed by atoms with van der Waals surface area (Å²) in [6, 6.07) is 12.1. The first kappa shape index (κ1) is 18.6. The fourth-order valence-electron chi connectivity index (χ4n) is 2.57. The average Bonchev–Trinajstić information content (AvgIpc) is 2.52. The minimum atomic E-state index is -0.260. The summed E-state index contributed by atoms with van der Waals surface area (Å²) in [7, 11) is 0. The number of hydrogen-bond donors (Lipinski definition) is 2. The lowest BCUT2D eigenvalue weighted by atomic mass is 9.96. The molecule has 0 radical (unpaired) electrons. The average molecular weight is 393 g/mol. The lowest BCUT2D eigenvalue weighted by Crippen LogP contribution is -2.33. The highest BCUT2D eigenvalue weighted by molar-refractivity contribution is 9.10. The fourth-order valence-corrected chi connectivity index (χ4v) is 3.05. The Morgan fingerprint density at radius 3 is 2.42 bits per heavy atom. The van der Waals surface area contributed by atoms with Gasteiger partial charge in [0.15, 0.2) is 0 Å². The summed E-state index contributed by atoms with van der Waals surface area (Å²) in [4.78, 5) is 12.2. The van der Waals surface area contributed by atoms with Crippen LogP contribution in [0.4, 0.5) is 10.1 Å². The van der Waals surface area contributed by atoms with Crippen LogP contribution < -0.4 is 10.6 Å². The standard InChI is InChI=1S/C19H22BrFN2O/c1-12(2)19(14-4-7-16(21)8-5-14)22-11-18(24)23-17-9-6-15(20)10-13(17)3/h4-10,12,19,22H,11H2,1-3H3,(H,23,24)/t19-/m1/s1. The van der Waals surface area contributed by atoms with Gasteiger partial charge in [-0.15, -0.1) is 0 Å². The minimum Gasteiger partial charge on any atom is -0.325 e. The molecule has 128 valence electrons. The predicted octanol–water partition coefficient (Wildman–Crippen LogP) is 4.82.